The Morgan fingerprint density at radius 3 is 2.93 bits per heavy atom. The van der Waals surface area contributed by atoms with Crippen molar-refractivity contribution in [3.63, 3.8) is 0 Å². The van der Waals surface area contributed by atoms with Crippen LogP contribution in [-0.2, 0) is 0 Å². The fourth-order valence-corrected chi connectivity index (χ4v) is 2.16. The van der Waals surface area contributed by atoms with Gasteiger partial charge in [-0.2, -0.15) is 0 Å². The zero-order valence-corrected chi connectivity index (χ0v) is 8.62. The lowest BCUT2D eigenvalue weighted by Crippen LogP contribution is -2.28. The maximum absolute atomic E-state index is 5.37. The van der Waals surface area contributed by atoms with Gasteiger partial charge in [0.05, 0.1) is 0 Å². The largest absolute Gasteiger partial charge is 0.454 e. The first-order chi connectivity index (χ1) is 7.34. The minimum absolute atomic E-state index is 0.343. The van der Waals surface area contributed by atoms with Crippen molar-refractivity contribution < 1.29 is 9.47 Å². The van der Waals surface area contributed by atoms with Crippen LogP contribution in [0.25, 0.3) is 0 Å². The molecular weight excluding hydrogens is 192 g/mol. The van der Waals surface area contributed by atoms with Crippen LogP contribution in [0, 0.1) is 0 Å². The highest BCUT2D eigenvalue weighted by molar-refractivity contribution is 5.45. The highest BCUT2D eigenvalue weighted by Crippen LogP contribution is 2.35. The van der Waals surface area contributed by atoms with Gasteiger partial charge in [-0.3, -0.25) is 10.9 Å². The van der Waals surface area contributed by atoms with E-state index in [1.54, 1.807) is 0 Å². The minimum atomic E-state index is 0.343. The van der Waals surface area contributed by atoms with Gasteiger partial charge >= 0.3 is 0 Å². The molecule has 0 saturated carbocycles. The number of hydrogen-bond donors (Lipinski definition) is 2. The van der Waals surface area contributed by atoms with Crippen LogP contribution >= 0.6 is 0 Å². The number of rotatable bonds is 1. The van der Waals surface area contributed by atoms with Crippen LogP contribution in [0.3, 0.4) is 0 Å². The van der Waals surface area contributed by atoms with Gasteiger partial charge in [-0.25, -0.2) is 0 Å². The summed E-state index contributed by atoms with van der Waals surface area (Å²) in [6.45, 7) is 3.48. The second kappa shape index (κ2) is 3.40. The van der Waals surface area contributed by atoms with E-state index < -0.39 is 0 Å². The number of hydrogen-bond acceptors (Lipinski definition) is 4. The fraction of sp³-hybridized carbons (Fsp3) is 0.455. The quantitative estimate of drug-likeness (QED) is 0.719. The fourth-order valence-electron chi connectivity index (χ4n) is 2.16. The first-order valence-corrected chi connectivity index (χ1v) is 5.22. The molecule has 0 amide bonds. The van der Waals surface area contributed by atoms with Crippen LogP contribution in [0.15, 0.2) is 18.2 Å². The Bertz CT molecular complexity index is 381. The Morgan fingerprint density at radius 2 is 2.13 bits per heavy atom. The second-order valence-corrected chi connectivity index (χ2v) is 4.03. The lowest BCUT2D eigenvalue weighted by molar-refractivity contribution is 0.174. The molecule has 2 unspecified atom stereocenters. The number of nitrogens with one attached hydrogen (secondary N) is 2. The smallest absolute Gasteiger partial charge is 0.231 e. The Labute approximate surface area is 88.5 Å². The van der Waals surface area contributed by atoms with Gasteiger partial charge in [0.15, 0.2) is 11.5 Å². The summed E-state index contributed by atoms with van der Waals surface area (Å²) >= 11 is 0. The Morgan fingerprint density at radius 1 is 1.27 bits per heavy atom. The molecule has 0 spiro atoms. The molecule has 15 heavy (non-hydrogen) atoms. The van der Waals surface area contributed by atoms with Crippen molar-refractivity contribution in [1.82, 2.24) is 10.9 Å². The predicted molar refractivity (Wildman–Crippen MR) is 55.9 cm³/mol. The van der Waals surface area contributed by atoms with Crippen molar-refractivity contribution in [1.29, 1.82) is 0 Å². The maximum Gasteiger partial charge on any atom is 0.231 e. The van der Waals surface area contributed by atoms with E-state index in [9.17, 15) is 0 Å². The molecule has 2 aliphatic heterocycles. The van der Waals surface area contributed by atoms with Crippen LogP contribution in [0.4, 0.5) is 0 Å². The lowest BCUT2D eigenvalue weighted by atomic mass is 9.94. The molecule has 0 aromatic heterocycles. The van der Waals surface area contributed by atoms with Crippen molar-refractivity contribution in [3.05, 3.63) is 23.8 Å². The van der Waals surface area contributed by atoms with Gasteiger partial charge in [-0.05, 0) is 24.6 Å². The molecule has 0 bridgehead atoms. The molecule has 2 aliphatic rings. The summed E-state index contributed by atoms with van der Waals surface area (Å²) in [5.41, 5.74) is 7.68. The minimum Gasteiger partial charge on any atom is -0.454 e. The Balaban J connectivity index is 1.92. The average Bonchev–Trinajstić information content (AvgIpc) is 2.84. The Kier molecular flexibility index (Phi) is 2.04. The first kappa shape index (κ1) is 9.00. The number of ether oxygens (including phenoxy) is 2. The topological polar surface area (TPSA) is 42.5 Å². The standard InChI is InChI=1S/C11H14N2O2/c1-7-9(5-12-13-7)8-2-3-10-11(4-8)15-6-14-10/h2-4,7,9,12-13H,5-6H2,1H3. The van der Waals surface area contributed by atoms with Crippen LogP contribution in [0.5, 0.6) is 11.5 Å². The zero-order valence-electron chi connectivity index (χ0n) is 8.62. The first-order valence-electron chi connectivity index (χ1n) is 5.22. The van der Waals surface area contributed by atoms with Gasteiger partial charge in [0.25, 0.3) is 0 Å². The van der Waals surface area contributed by atoms with Gasteiger partial charge in [0.2, 0.25) is 6.79 Å². The summed E-state index contributed by atoms with van der Waals surface area (Å²) in [6, 6.07) is 6.63. The van der Waals surface area contributed by atoms with Crippen LogP contribution < -0.4 is 20.3 Å². The maximum atomic E-state index is 5.37. The molecule has 0 aliphatic carbocycles. The van der Waals surface area contributed by atoms with Crippen LogP contribution in [-0.4, -0.2) is 19.4 Å². The molecule has 1 fully saturated rings. The third kappa shape index (κ3) is 1.46. The lowest BCUT2D eigenvalue weighted by Gasteiger charge is -2.14. The van der Waals surface area contributed by atoms with Gasteiger partial charge in [-0.15, -0.1) is 0 Å². The molecule has 3 rings (SSSR count). The van der Waals surface area contributed by atoms with Gasteiger partial charge in [0, 0.05) is 18.5 Å². The normalized spacial score (nSPS) is 28.3. The molecule has 0 radical (unpaired) electrons. The van der Waals surface area contributed by atoms with Gasteiger partial charge in [0.1, 0.15) is 0 Å². The van der Waals surface area contributed by atoms with Gasteiger partial charge < -0.3 is 9.47 Å². The third-order valence-corrected chi connectivity index (χ3v) is 3.08. The number of fused-ring (bicyclic) bond motifs is 1. The molecule has 4 nitrogen and oxygen atoms in total. The molecule has 2 atom stereocenters. The van der Waals surface area contributed by atoms with Crippen molar-refractivity contribution in [2.45, 2.75) is 18.9 Å². The van der Waals surface area contributed by atoms with E-state index in [4.69, 9.17) is 9.47 Å². The summed E-state index contributed by atoms with van der Waals surface area (Å²) < 4.78 is 10.7. The molecule has 80 valence electrons. The van der Waals surface area contributed by atoms with Crippen LogP contribution in [0.2, 0.25) is 0 Å². The summed E-state index contributed by atoms with van der Waals surface area (Å²) in [5.74, 6) is 2.22. The third-order valence-electron chi connectivity index (χ3n) is 3.08. The molecule has 2 N–H and O–H groups in total. The summed E-state index contributed by atoms with van der Waals surface area (Å²) in [5, 5.41) is 0. The molecule has 4 heteroatoms. The second-order valence-electron chi connectivity index (χ2n) is 4.03. The van der Waals surface area contributed by atoms with Crippen molar-refractivity contribution in [2.75, 3.05) is 13.3 Å². The van der Waals surface area contributed by atoms with Crippen LogP contribution in [0.1, 0.15) is 18.4 Å². The Hall–Kier alpha value is -1.26. The summed E-state index contributed by atoms with van der Waals surface area (Å²) in [6.07, 6.45) is 0. The van der Waals surface area contributed by atoms with E-state index in [-0.39, 0.29) is 0 Å². The molecule has 1 aromatic rings. The molecule has 1 aromatic carbocycles. The van der Waals surface area contributed by atoms with E-state index in [1.165, 1.54) is 5.56 Å². The van der Waals surface area contributed by atoms with E-state index in [1.807, 2.05) is 6.07 Å². The zero-order chi connectivity index (χ0) is 10.3. The van der Waals surface area contributed by atoms with Crippen molar-refractivity contribution >= 4 is 0 Å². The van der Waals surface area contributed by atoms with E-state index >= 15 is 0 Å². The number of benzene rings is 1. The van der Waals surface area contributed by atoms with E-state index in [0.717, 1.165) is 18.0 Å². The van der Waals surface area contributed by atoms with Gasteiger partial charge in [-0.1, -0.05) is 6.07 Å². The van der Waals surface area contributed by atoms with Crippen molar-refractivity contribution in [3.8, 4) is 11.5 Å². The molecule has 1 saturated heterocycles. The van der Waals surface area contributed by atoms with Crippen molar-refractivity contribution in [2.24, 2.45) is 0 Å². The monoisotopic (exact) mass is 206 g/mol. The SMILES string of the molecule is CC1NNCC1c1ccc2c(c1)OCO2. The predicted octanol–water partition coefficient (Wildman–Crippen LogP) is 0.995. The average molecular weight is 206 g/mol. The molecular formula is C11H14N2O2. The summed E-state index contributed by atoms with van der Waals surface area (Å²) in [7, 11) is 0. The summed E-state index contributed by atoms with van der Waals surface area (Å²) in [4.78, 5) is 0. The highest BCUT2D eigenvalue weighted by Gasteiger charge is 2.26. The van der Waals surface area contributed by atoms with E-state index in [2.05, 4.69) is 29.9 Å². The highest BCUT2D eigenvalue weighted by atomic mass is 16.7. The van der Waals surface area contributed by atoms with E-state index in [0.29, 0.717) is 18.8 Å². The number of hydrazine groups is 1. The molecule has 2 heterocycles.